The van der Waals surface area contributed by atoms with Crippen LogP contribution in [-0.4, -0.2) is 16.3 Å². The maximum Gasteiger partial charge on any atom is 0.150 e. The zero-order valence-corrected chi connectivity index (χ0v) is 15.2. The van der Waals surface area contributed by atoms with Gasteiger partial charge in [-0.25, -0.2) is 9.97 Å². The van der Waals surface area contributed by atoms with E-state index in [1.807, 2.05) is 78.9 Å². The monoisotopic (exact) mass is 366 g/mol. The van der Waals surface area contributed by atoms with Crippen molar-refractivity contribution >= 4 is 6.29 Å². The second kappa shape index (κ2) is 8.27. The summed E-state index contributed by atoms with van der Waals surface area (Å²) in [6, 6.07) is 25.4. The van der Waals surface area contributed by atoms with E-state index in [0.717, 1.165) is 40.0 Å². The van der Waals surface area contributed by atoms with Gasteiger partial charge in [-0.15, -0.1) is 0 Å². The number of rotatable bonds is 6. The van der Waals surface area contributed by atoms with Gasteiger partial charge in [-0.1, -0.05) is 54.6 Å². The summed E-state index contributed by atoms with van der Waals surface area (Å²) < 4.78 is 5.92. The Balaban J connectivity index is 1.61. The van der Waals surface area contributed by atoms with E-state index in [2.05, 4.69) is 9.97 Å². The predicted molar refractivity (Wildman–Crippen MR) is 109 cm³/mol. The highest BCUT2D eigenvalue weighted by Crippen LogP contribution is 2.29. The predicted octanol–water partition coefficient (Wildman–Crippen LogP) is 5.20. The van der Waals surface area contributed by atoms with E-state index in [-0.39, 0.29) is 0 Å². The molecule has 0 aliphatic carbocycles. The highest BCUT2D eigenvalue weighted by molar-refractivity contribution is 5.90. The SMILES string of the molecule is O=Cc1cc(-c2ccncn2)ccc1-c1cccc(OCc2ccccc2)c1. The van der Waals surface area contributed by atoms with E-state index in [9.17, 15) is 4.79 Å². The maximum absolute atomic E-state index is 11.7. The lowest BCUT2D eigenvalue weighted by Gasteiger charge is -2.11. The number of ether oxygens (including phenoxy) is 1. The van der Waals surface area contributed by atoms with Gasteiger partial charge in [0, 0.05) is 17.3 Å². The summed E-state index contributed by atoms with van der Waals surface area (Å²) in [5.74, 6) is 0.762. The van der Waals surface area contributed by atoms with Crippen LogP contribution < -0.4 is 4.74 Å². The molecule has 0 unspecified atom stereocenters. The number of hydrogen-bond donors (Lipinski definition) is 0. The molecule has 136 valence electrons. The van der Waals surface area contributed by atoms with E-state index in [4.69, 9.17) is 4.74 Å². The van der Waals surface area contributed by atoms with Gasteiger partial charge in [0.15, 0.2) is 6.29 Å². The van der Waals surface area contributed by atoms with Gasteiger partial charge >= 0.3 is 0 Å². The highest BCUT2D eigenvalue weighted by atomic mass is 16.5. The molecule has 0 bridgehead atoms. The Morgan fingerprint density at radius 1 is 0.857 bits per heavy atom. The lowest BCUT2D eigenvalue weighted by Crippen LogP contribution is -1.96. The Morgan fingerprint density at radius 2 is 1.75 bits per heavy atom. The van der Waals surface area contributed by atoms with Crippen LogP contribution in [-0.2, 0) is 6.61 Å². The summed E-state index contributed by atoms with van der Waals surface area (Å²) in [7, 11) is 0. The van der Waals surface area contributed by atoms with Crippen LogP contribution in [0.5, 0.6) is 5.75 Å². The number of carbonyl (C=O) groups excluding carboxylic acids is 1. The van der Waals surface area contributed by atoms with E-state index in [1.165, 1.54) is 6.33 Å². The van der Waals surface area contributed by atoms with E-state index < -0.39 is 0 Å². The Kier molecular flexibility index (Phi) is 5.20. The minimum Gasteiger partial charge on any atom is -0.489 e. The number of hydrogen-bond acceptors (Lipinski definition) is 4. The third-order valence-electron chi connectivity index (χ3n) is 4.45. The average molecular weight is 366 g/mol. The van der Waals surface area contributed by atoms with Crippen molar-refractivity contribution in [2.75, 3.05) is 0 Å². The molecule has 0 aliphatic heterocycles. The molecule has 3 aromatic carbocycles. The van der Waals surface area contributed by atoms with Gasteiger partial charge in [0.1, 0.15) is 18.7 Å². The van der Waals surface area contributed by atoms with Crippen LogP contribution in [0.2, 0.25) is 0 Å². The first-order valence-corrected chi connectivity index (χ1v) is 8.96. The molecule has 4 aromatic rings. The molecule has 4 heteroatoms. The van der Waals surface area contributed by atoms with Crippen molar-refractivity contribution < 1.29 is 9.53 Å². The summed E-state index contributed by atoms with van der Waals surface area (Å²) in [5, 5.41) is 0. The second-order valence-corrected chi connectivity index (χ2v) is 6.32. The number of benzene rings is 3. The van der Waals surface area contributed by atoms with Gasteiger partial charge in [0.25, 0.3) is 0 Å². The molecule has 0 aliphatic rings. The molecule has 4 nitrogen and oxygen atoms in total. The Bertz CT molecular complexity index is 1080. The lowest BCUT2D eigenvalue weighted by molar-refractivity contribution is 0.112. The first-order valence-electron chi connectivity index (χ1n) is 8.96. The molecule has 4 rings (SSSR count). The third kappa shape index (κ3) is 3.96. The molecule has 0 atom stereocenters. The molecule has 0 spiro atoms. The molecule has 0 radical (unpaired) electrons. The van der Waals surface area contributed by atoms with Gasteiger partial charge in [0.2, 0.25) is 0 Å². The van der Waals surface area contributed by atoms with Crippen LogP contribution in [0.15, 0.2) is 91.4 Å². The minimum atomic E-state index is 0.498. The smallest absolute Gasteiger partial charge is 0.150 e. The van der Waals surface area contributed by atoms with E-state index in [1.54, 1.807) is 6.20 Å². The summed E-state index contributed by atoms with van der Waals surface area (Å²) in [6.07, 6.45) is 4.05. The number of carbonyl (C=O) groups is 1. The summed E-state index contributed by atoms with van der Waals surface area (Å²) in [5.41, 5.74) is 5.17. The molecule has 0 saturated carbocycles. The largest absolute Gasteiger partial charge is 0.489 e. The summed E-state index contributed by atoms with van der Waals surface area (Å²) >= 11 is 0. The van der Waals surface area contributed by atoms with Crippen LogP contribution in [0, 0.1) is 0 Å². The van der Waals surface area contributed by atoms with Crippen molar-refractivity contribution in [1.82, 2.24) is 9.97 Å². The van der Waals surface area contributed by atoms with Crippen LogP contribution in [0.1, 0.15) is 15.9 Å². The van der Waals surface area contributed by atoms with Crippen LogP contribution >= 0.6 is 0 Å². The van der Waals surface area contributed by atoms with Crippen molar-refractivity contribution in [3.8, 4) is 28.1 Å². The molecule has 0 saturated heterocycles. The fourth-order valence-electron chi connectivity index (χ4n) is 3.04. The van der Waals surface area contributed by atoms with Crippen LogP contribution in [0.3, 0.4) is 0 Å². The zero-order valence-electron chi connectivity index (χ0n) is 15.2. The molecule has 1 aromatic heterocycles. The molecule has 0 amide bonds. The molecule has 28 heavy (non-hydrogen) atoms. The molecular formula is C24H18N2O2. The standard InChI is InChI=1S/C24H18N2O2/c27-15-21-13-20(24-11-12-25-17-26-24)9-10-23(21)19-7-4-8-22(14-19)28-16-18-5-2-1-3-6-18/h1-15,17H,16H2. The van der Waals surface area contributed by atoms with Crippen LogP contribution in [0.4, 0.5) is 0 Å². The number of aromatic nitrogens is 2. The van der Waals surface area contributed by atoms with Crippen molar-refractivity contribution in [3.63, 3.8) is 0 Å². The van der Waals surface area contributed by atoms with Gasteiger partial charge in [-0.05, 0) is 41.0 Å². The normalized spacial score (nSPS) is 10.4. The van der Waals surface area contributed by atoms with Crippen LogP contribution in [0.25, 0.3) is 22.4 Å². The summed E-state index contributed by atoms with van der Waals surface area (Å²) in [6.45, 7) is 0.498. The minimum absolute atomic E-state index is 0.498. The van der Waals surface area contributed by atoms with Gasteiger partial charge in [0.05, 0.1) is 5.69 Å². The first-order chi connectivity index (χ1) is 13.8. The molecular weight excluding hydrogens is 348 g/mol. The van der Waals surface area contributed by atoms with Gasteiger partial charge < -0.3 is 4.74 Å². The number of aldehydes is 1. The van der Waals surface area contributed by atoms with Crippen molar-refractivity contribution in [3.05, 3.63) is 103 Å². The van der Waals surface area contributed by atoms with E-state index >= 15 is 0 Å². The van der Waals surface area contributed by atoms with Crippen molar-refractivity contribution in [1.29, 1.82) is 0 Å². The first kappa shape index (κ1) is 17.6. The number of nitrogens with zero attached hydrogens (tertiary/aromatic N) is 2. The Morgan fingerprint density at radius 3 is 2.54 bits per heavy atom. The topological polar surface area (TPSA) is 52.1 Å². The third-order valence-corrected chi connectivity index (χ3v) is 4.45. The lowest BCUT2D eigenvalue weighted by atomic mass is 9.97. The Labute approximate surface area is 163 Å². The molecule has 0 N–H and O–H groups in total. The fraction of sp³-hybridized carbons (Fsp3) is 0.0417. The van der Waals surface area contributed by atoms with Gasteiger partial charge in [-0.3, -0.25) is 4.79 Å². The molecule has 1 heterocycles. The maximum atomic E-state index is 11.7. The van der Waals surface area contributed by atoms with Gasteiger partial charge in [-0.2, -0.15) is 0 Å². The zero-order chi connectivity index (χ0) is 19.2. The second-order valence-electron chi connectivity index (χ2n) is 6.32. The molecule has 0 fully saturated rings. The highest BCUT2D eigenvalue weighted by Gasteiger charge is 2.09. The quantitative estimate of drug-likeness (QED) is 0.440. The summed E-state index contributed by atoms with van der Waals surface area (Å²) in [4.78, 5) is 19.9. The van der Waals surface area contributed by atoms with Crippen molar-refractivity contribution in [2.24, 2.45) is 0 Å². The van der Waals surface area contributed by atoms with E-state index in [0.29, 0.717) is 12.2 Å². The Hall–Kier alpha value is -3.79. The fourth-order valence-corrected chi connectivity index (χ4v) is 3.04. The average Bonchev–Trinajstić information content (AvgIpc) is 2.79. The van der Waals surface area contributed by atoms with Crippen molar-refractivity contribution in [2.45, 2.75) is 6.61 Å².